The molecule has 0 radical (unpaired) electrons. The minimum atomic E-state index is -1.08. The Morgan fingerprint density at radius 3 is 1.56 bits per heavy atom. The molecule has 1 atom stereocenters. The van der Waals surface area contributed by atoms with E-state index < -0.39 is 74.2 Å². The van der Waals surface area contributed by atoms with Crippen molar-refractivity contribution in [3.05, 3.63) is 60.2 Å². The zero-order chi connectivity index (χ0) is 28.9. The highest BCUT2D eigenvalue weighted by Crippen LogP contribution is 2.36. The van der Waals surface area contributed by atoms with Crippen molar-refractivity contribution in [3.63, 3.8) is 0 Å². The van der Waals surface area contributed by atoms with Crippen molar-refractivity contribution >= 4 is 67.8 Å². The molecule has 1 fully saturated rings. The Morgan fingerprint density at radius 1 is 0.512 bits per heavy atom. The second-order valence-electron chi connectivity index (χ2n) is 9.73. The standard InChI is InChI=1S/C29H28N6O6/c36-22-11-30-23(37)12-32-25(39)14-34-29(41)21(35-26(40)15-33-24(38)13-31-22)10-19-7-6-18-5-4-16-2-1-3-17-8-9-20(19)28(18)27(16)17/h1-9,21H,10-15H2,(H,30,37)(H,31,36)(H,32,39)(H,33,38)(H,34,41)(H,35,40)/t21-/m1/s1. The Morgan fingerprint density at radius 2 is 0.976 bits per heavy atom. The van der Waals surface area contributed by atoms with Gasteiger partial charge in [-0.15, -0.1) is 0 Å². The van der Waals surface area contributed by atoms with Crippen molar-refractivity contribution in [3.8, 4) is 0 Å². The van der Waals surface area contributed by atoms with E-state index in [4.69, 9.17) is 0 Å². The number of benzene rings is 4. The number of hydrogen-bond donors (Lipinski definition) is 6. The molecule has 4 aromatic carbocycles. The summed E-state index contributed by atoms with van der Waals surface area (Å²) in [4.78, 5) is 74.0. The van der Waals surface area contributed by atoms with Crippen molar-refractivity contribution in [2.24, 2.45) is 0 Å². The second-order valence-corrected chi connectivity index (χ2v) is 9.73. The third-order valence-corrected chi connectivity index (χ3v) is 6.90. The smallest absolute Gasteiger partial charge is 0.243 e. The number of rotatable bonds is 2. The first-order chi connectivity index (χ1) is 19.8. The number of amides is 6. The van der Waals surface area contributed by atoms with Crippen LogP contribution in [0.15, 0.2) is 54.6 Å². The molecule has 12 nitrogen and oxygen atoms in total. The fourth-order valence-electron chi connectivity index (χ4n) is 4.90. The molecular formula is C29H28N6O6. The van der Waals surface area contributed by atoms with E-state index in [1.807, 2.05) is 48.5 Å². The van der Waals surface area contributed by atoms with Gasteiger partial charge in [0.15, 0.2) is 0 Å². The summed E-state index contributed by atoms with van der Waals surface area (Å²) < 4.78 is 0. The summed E-state index contributed by atoms with van der Waals surface area (Å²) in [6.07, 6.45) is 0.111. The van der Waals surface area contributed by atoms with Gasteiger partial charge in [0.05, 0.1) is 32.7 Å². The molecule has 12 heteroatoms. The summed E-state index contributed by atoms with van der Waals surface area (Å²) in [5.41, 5.74) is 0.811. The van der Waals surface area contributed by atoms with Gasteiger partial charge in [0, 0.05) is 6.42 Å². The fourth-order valence-corrected chi connectivity index (χ4v) is 4.90. The van der Waals surface area contributed by atoms with Crippen LogP contribution >= 0.6 is 0 Å². The fraction of sp³-hybridized carbons (Fsp3) is 0.241. The first-order valence-corrected chi connectivity index (χ1v) is 13.1. The zero-order valence-corrected chi connectivity index (χ0v) is 22.0. The van der Waals surface area contributed by atoms with E-state index in [-0.39, 0.29) is 6.42 Å². The average molecular weight is 557 g/mol. The molecule has 4 aromatic rings. The summed E-state index contributed by atoms with van der Waals surface area (Å²) in [6, 6.07) is 17.0. The predicted molar refractivity (Wildman–Crippen MR) is 151 cm³/mol. The van der Waals surface area contributed by atoms with Crippen LogP contribution in [0.2, 0.25) is 0 Å². The molecule has 0 saturated carbocycles. The van der Waals surface area contributed by atoms with Gasteiger partial charge >= 0.3 is 0 Å². The summed E-state index contributed by atoms with van der Waals surface area (Å²) in [7, 11) is 0. The van der Waals surface area contributed by atoms with Crippen LogP contribution in [0.3, 0.4) is 0 Å². The minimum Gasteiger partial charge on any atom is -0.346 e. The van der Waals surface area contributed by atoms with Crippen LogP contribution < -0.4 is 31.9 Å². The third kappa shape index (κ3) is 6.32. The summed E-state index contributed by atoms with van der Waals surface area (Å²) in [6.45, 7) is -2.09. The second kappa shape index (κ2) is 11.9. The van der Waals surface area contributed by atoms with Crippen LogP contribution in [0.4, 0.5) is 0 Å². The minimum absolute atomic E-state index is 0.111. The lowest BCUT2D eigenvalue weighted by Gasteiger charge is -2.21. The third-order valence-electron chi connectivity index (χ3n) is 6.90. The molecule has 0 aromatic heterocycles. The first kappa shape index (κ1) is 27.3. The molecular weight excluding hydrogens is 528 g/mol. The number of carbonyl (C=O) groups excluding carboxylic acids is 6. The lowest BCUT2D eigenvalue weighted by molar-refractivity contribution is -0.131. The van der Waals surface area contributed by atoms with E-state index in [9.17, 15) is 28.8 Å². The maximum atomic E-state index is 13.2. The number of carbonyl (C=O) groups is 6. The van der Waals surface area contributed by atoms with Gasteiger partial charge in [-0.2, -0.15) is 0 Å². The lowest BCUT2D eigenvalue weighted by atomic mass is 9.90. The van der Waals surface area contributed by atoms with Gasteiger partial charge in [-0.05, 0) is 37.9 Å². The molecule has 6 N–H and O–H groups in total. The largest absolute Gasteiger partial charge is 0.346 e. The van der Waals surface area contributed by atoms with Crippen LogP contribution in [-0.4, -0.2) is 74.2 Å². The molecule has 6 amide bonds. The molecule has 0 aliphatic carbocycles. The Balaban J connectivity index is 1.40. The molecule has 0 bridgehead atoms. The number of nitrogens with one attached hydrogen (secondary N) is 6. The normalized spacial score (nSPS) is 18.6. The van der Waals surface area contributed by atoms with Crippen molar-refractivity contribution in [1.82, 2.24) is 31.9 Å². The molecule has 210 valence electrons. The quantitative estimate of drug-likeness (QED) is 0.176. The molecule has 1 saturated heterocycles. The van der Waals surface area contributed by atoms with Crippen LogP contribution in [0.25, 0.3) is 32.3 Å². The average Bonchev–Trinajstić information content (AvgIpc) is 2.98. The maximum Gasteiger partial charge on any atom is 0.243 e. The maximum absolute atomic E-state index is 13.2. The van der Waals surface area contributed by atoms with Gasteiger partial charge in [0.2, 0.25) is 35.4 Å². The van der Waals surface area contributed by atoms with Gasteiger partial charge in [-0.3, -0.25) is 28.8 Å². The van der Waals surface area contributed by atoms with Crippen molar-refractivity contribution in [2.45, 2.75) is 12.5 Å². The van der Waals surface area contributed by atoms with E-state index in [0.29, 0.717) is 0 Å². The van der Waals surface area contributed by atoms with E-state index in [1.165, 1.54) is 0 Å². The molecule has 5 rings (SSSR count). The van der Waals surface area contributed by atoms with Crippen molar-refractivity contribution in [2.75, 3.05) is 32.7 Å². The van der Waals surface area contributed by atoms with Crippen molar-refractivity contribution in [1.29, 1.82) is 0 Å². The predicted octanol–water partition coefficient (Wildman–Crippen LogP) is -0.794. The van der Waals surface area contributed by atoms with Crippen LogP contribution in [0.1, 0.15) is 5.56 Å². The van der Waals surface area contributed by atoms with E-state index in [2.05, 4.69) is 38.0 Å². The SMILES string of the molecule is O=C1CNC(=O)CNC(=O)CNC(=O)[C@@H](Cc2ccc3ccc4cccc5ccc2c3c45)NC(=O)CNC(=O)CN1. The first-order valence-electron chi connectivity index (χ1n) is 13.1. The lowest BCUT2D eigenvalue weighted by Crippen LogP contribution is -2.53. The van der Waals surface area contributed by atoms with Crippen LogP contribution in [0.5, 0.6) is 0 Å². The molecule has 0 unspecified atom stereocenters. The van der Waals surface area contributed by atoms with Gasteiger partial charge in [0.25, 0.3) is 0 Å². The summed E-state index contributed by atoms with van der Waals surface area (Å²) >= 11 is 0. The van der Waals surface area contributed by atoms with Gasteiger partial charge in [0.1, 0.15) is 6.04 Å². The summed E-state index contributed by atoms with van der Waals surface area (Å²) in [5.74, 6) is -3.72. The van der Waals surface area contributed by atoms with Crippen molar-refractivity contribution < 1.29 is 28.8 Å². The molecule has 0 spiro atoms. The van der Waals surface area contributed by atoms with E-state index in [1.54, 1.807) is 0 Å². The highest BCUT2D eigenvalue weighted by atomic mass is 16.2. The van der Waals surface area contributed by atoms with Gasteiger partial charge in [-0.25, -0.2) is 0 Å². The van der Waals surface area contributed by atoms with Crippen LogP contribution in [-0.2, 0) is 35.2 Å². The Kier molecular flexibility index (Phi) is 7.90. The molecule has 1 heterocycles. The van der Waals surface area contributed by atoms with Crippen LogP contribution in [0, 0.1) is 0 Å². The molecule has 1 aliphatic heterocycles. The van der Waals surface area contributed by atoms with Gasteiger partial charge in [-0.1, -0.05) is 54.6 Å². The Labute approximate surface area is 233 Å². The Bertz CT molecular complexity index is 1670. The highest BCUT2D eigenvalue weighted by Gasteiger charge is 2.24. The van der Waals surface area contributed by atoms with Gasteiger partial charge < -0.3 is 31.9 Å². The number of hydrogen-bond acceptors (Lipinski definition) is 6. The monoisotopic (exact) mass is 556 g/mol. The molecule has 41 heavy (non-hydrogen) atoms. The zero-order valence-electron chi connectivity index (χ0n) is 22.0. The molecule has 1 aliphatic rings. The topological polar surface area (TPSA) is 175 Å². The van der Waals surface area contributed by atoms with E-state index in [0.717, 1.165) is 37.9 Å². The highest BCUT2D eigenvalue weighted by molar-refractivity contribution is 6.23. The Hall–Kier alpha value is -5.26. The van der Waals surface area contributed by atoms with E-state index >= 15 is 0 Å². The summed E-state index contributed by atoms with van der Waals surface area (Å²) in [5, 5.41) is 20.8.